The summed E-state index contributed by atoms with van der Waals surface area (Å²) in [5.74, 6) is 0. The van der Waals surface area contributed by atoms with Crippen molar-refractivity contribution in [1.29, 1.82) is 5.26 Å². The SMILES string of the molecule is Cc1c(I)c2ccc(C#N)nc2n1C(=O)O. The van der Waals surface area contributed by atoms with E-state index in [-0.39, 0.29) is 5.69 Å². The molecule has 0 aliphatic heterocycles. The van der Waals surface area contributed by atoms with E-state index in [9.17, 15) is 4.79 Å². The molecule has 0 atom stereocenters. The Balaban J connectivity index is 2.93. The highest BCUT2D eigenvalue weighted by Crippen LogP contribution is 2.25. The van der Waals surface area contributed by atoms with Gasteiger partial charge < -0.3 is 5.11 Å². The number of hydrogen-bond acceptors (Lipinski definition) is 3. The van der Waals surface area contributed by atoms with Gasteiger partial charge in [0.25, 0.3) is 0 Å². The highest BCUT2D eigenvalue weighted by molar-refractivity contribution is 14.1. The van der Waals surface area contributed by atoms with Crippen LogP contribution in [0.5, 0.6) is 0 Å². The lowest BCUT2D eigenvalue weighted by Crippen LogP contribution is -2.10. The topological polar surface area (TPSA) is 78.9 Å². The van der Waals surface area contributed by atoms with Crippen LogP contribution < -0.4 is 0 Å². The minimum atomic E-state index is -1.09. The summed E-state index contributed by atoms with van der Waals surface area (Å²) in [4.78, 5) is 15.1. The number of pyridine rings is 1. The molecule has 0 saturated carbocycles. The zero-order chi connectivity index (χ0) is 11.9. The summed E-state index contributed by atoms with van der Waals surface area (Å²) in [5, 5.41) is 18.6. The van der Waals surface area contributed by atoms with Gasteiger partial charge in [-0.2, -0.15) is 5.26 Å². The predicted octanol–water partition coefficient (Wildman–Crippen LogP) is 2.35. The van der Waals surface area contributed by atoms with Crippen LogP contribution in [0.25, 0.3) is 11.0 Å². The smallest absolute Gasteiger partial charge is 0.417 e. The van der Waals surface area contributed by atoms with E-state index in [1.54, 1.807) is 19.1 Å². The Bertz CT molecular complexity index is 640. The molecule has 0 aliphatic carbocycles. The molecule has 0 bridgehead atoms. The van der Waals surface area contributed by atoms with Gasteiger partial charge in [-0.05, 0) is 41.6 Å². The average Bonchev–Trinajstić information content (AvgIpc) is 2.51. The van der Waals surface area contributed by atoms with Crippen LogP contribution in [0.15, 0.2) is 12.1 Å². The quantitative estimate of drug-likeness (QED) is 0.754. The van der Waals surface area contributed by atoms with Gasteiger partial charge in [0.2, 0.25) is 0 Å². The van der Waals surface area contributed by atoms with Gasteiger partial charge in [-0.25, -0.2) is 14.3 Å². The number of carboxylic acid groups (broad SMARTS) is 1. The molecule has 2 aromatic rings. The first kappa shape index (κ1) is 10.9. The van der Waals surface area contributed by atoms with Gasteiger partial charge in [0.15, 0.2) is 5.65 Å². The molecule has 2 aromatic heterocycles. The molecule has 6 heteroatoms. The Morgan fingerprint density at radius 2 is 2.31 bits per heavy atom. The summed E-state index contributed by atoms with van der Waals surface area (Å²) in [6, 6.07) is 5.19. The first-order valence-electron chi connectivity index (χ1n) is 4.37. The maximum absolute atomic E-state index is 11.1. The molecule has 0 amide bonds. The third-order valence-corrected chi connectivity index (χ3v) is 3.64. The second-order valence-corrected chi connectivity index (χ2v) is 4.28. The molecule has 0 unspecified atom stereocenters. The number of halogens is 1. The summed E-state index contributed by atoms with van der Waals surface area (Å²) in [7, 11) is 0. The highest BCUT2D eigenvalue weighted by Gasteiger charge is 2.17. The van der Waals surface area contributed by atoms with Crippen LogP contribution in [-0.2, 0) is 0 Å². The van der Waals surface area contributed by atoms with Gasteiger partial charge >= 0.3 is 6.09 Å². The Morgan fingerprint density at radius 1 is 1.62 bits per heavy atom. The molecular formula is C10H6IN3O2. The minimum Gasteiger partial charge on any atom is -0.464 e. The van der Waals surface area contributed by atoms with Crippen molar-refractivity contribution in [3.63, 3.8) is 0 Å². The number of aromatic nitrogens is 2. The van der Waals surface area contributed by atoms with Crippen LogP contribution in [0.1, 0.15) is 11.4 Å². The van der Waals surface area contributed by atoms with Crippen molar-refractivity contribution >= 4 is 39.7 Å². The molecule has 0 radical (unpaired) electrons. The lowest BCUT2D eigenvalue weighted by molar-refractivity contribution is 0.197. The fraction of sp³-hybridized carbons (Fsp3) is 0.100. The fourth-order valence-electron chi connectivity index (χ4n) is 1.54. The van der Waals surface area contributed by atoms with Crippen molar-refractivity contribution in [2.24, 2.45) is 0 Å². The zero-order valence-corrected chi connectivity index (χ0v) is 10.4. The minimum absolute atomic E-state index is 0.212. The van der Waals surface area contributed by atoms with E-state index in [0.29, 0.717) is 11.3 Å². The van der Waals surface area contributed by atoms with E-state index in [0.717, 1.165) is 13.5 Å². The number of hydrogen-bond donors (Lipinski definition) is 1. The predicted molar refractivity (Wildman–Crippen MR) is 65.3 cm³/mol. The van der Waals surface area contributed by atoms with Crippen LogP contribution in [0, 0.1) is 21.8 Å². The maximum atomic E-state index is 11.1. The van der Waals surface area contributed by atoms with Crippen LogP contribution in [0.3, 0.4) is 0 Å². The van der Waals surface area contributed by atoms with Gasteiger partial charge in [0.05, 0.1) is 0 Å². The van der Waals surface area contributed by atoms with Gasteiger partial charge in [-0.15, -0.1) is 0 Å². The third kappa shape index (κ3) is 1.44. The lowest BCUT2D eigenvalue weighted by Gasteiger charge is -1.99. The fourth-order valence-corrected chi connectivity index (χ4v) is 2.20. The molecule has 16 heavy (non-hydrogen) atoms. The lowest BCUT2D eigenvalue weighted by atomic mass is 10.3. The first-order valence-corrected chi connectivity index (χ1v) is 5.45. The van der Waals surface area contributed by atoms with E-state index >= 15 is 0 Å². The van der Waals surface area contributed by atoms with Crippen LogP contribution >= 0.6 is 22.6 Å². The Kier molecular flexibility index (Phi) is 2.55. The molecule has 5 nitrogen and oxygen atoms in total. The molecule has 0 spiro atoms. The molecule has 2 rings (SSSR count). The van der Waals surface area contributed by atoms with E-state index in [1.165, 1.54) is 0 Å². The highest BCUT2D eigenvalue weighted by atomic mass is 127. The standard InChI is InChI=1S/C10H6IN3O2/c1-5-8(11)7-3-2-6(4-12)13-9(7)14(5)10(15)16/h2-3H,1H3,(H,15,16). The summed E-state index contributed by atoms with van der Waals surface area (Å²) < 4.78 is 1.93. The van der Waals surface area contributed by atoms with E-state index < -0.39 is 6.09 Å². The molecule has 2 heterocycles. The largest absolute Gasteiger partial charge is 0.464 e. The summed E-state index contributed by atoms with van der Waals surface area (Å²) in [5.41, 5.74) is 1.14. The number of carbonyl (C=O) groups is 1. The van der Waals surface area contributed by atoms with Crippen LogP contribution in [-0.4, -0.2) is 20.8 Å². The zero-order valence-electron chi connectivity index (χ0n) is 8.23. The molecule has 80 valence electrons. The monoisotopic (exact) mass is 327 g/mol. The number of fused-ring (bicyclic) bond motifs is 1. The second kappa shape index (κ2) is 3.75. The Morgan fingerprint density at radius 3 is 2.88 bits per heavy atom. The third-order valence-electron chi connectivity index (χ3n) is 2.28. The second-order valence-electron chi connectivity index (χ2n) is 3.20. The van der Waals surface area contributed by atoms with Gasteiger partial charge in [0, 0.05) is 14.7 Å². The van der Waals surface area contributed by atoms with Crippen LogP contribution in [0.2, 0.25) is 0 Å². The maximum Gasteiger partial charge on any atom is 0.417 e. The number of nitriles is 1. The number of rotatable bonds is 0. The van der Waals surface area contributed by atoms with Crippen molar-refractivity contribution in [1.82, 2.24) is 9.55 Å². The summed E-state index contributed by atoms with van der Waals surface area (Å²) in [6.07, 6.45) is -1.09. The van der Waals surface area contributed by atoms with E-state index in [2.05, 4.69) is 27.6 Å². The van der Waals surface area contributed by atoms with E-state index in [4.69, 9.17) is 10.4 Å². The first-order chi connectivity index (χ1) is 7.56. The Hall–Kier alpha value is -1.62. The molecule has 0 aliphatic rings. The normalized spacial score (nSPS) is 10.3. The molecule has 0 fully saturated rings. The van der Waals surface area contributed by atoms with Crippen molar-refractivity contribution in [2.45, 2.75) is 6.92 Å². The van der Waals surface area contributed by atoms with Crippen molar-refractivity contribution in [3.05, 3.63) is 27.1 Å². The molecule has 0 saturated heterocycles. The van der Waals surface area contributed by atoms with Gasteiger partial charge in [-0.1, -0.05) is 0 Å². The summed E-state index contributed by atoms with van der Waals surface area (Å²) in [6.45, 7) is 1.71. The molecular weight excluding hydrogens is 321 g/mol. The van der Waals surface area contributed by atoms with Crippen molar-refractivity contribution in [2.75, 3.05) is 0 Å². The van der Waals surface area contributed by atoms with E-state index in [1.807, 2.05) is 6.07 Å². The summed E-state index contributed by atoms with van der Waals surface area (Å²) >= 11 is 2.07. The number of nitrogens with zero attached hydrogens (tertiary/aromatic N) is 3. The van der Waals surface area contributed by atoms with Crippen LogP contribution in [0.4, 0.5) is 4.79 Å². The molecule has 1 N–H and O–H groups in total. The van der Waals surface area contributed by atoms with Crippen molar-refractivity contribution in [3.8, 4) is 6.07 Å². The average molecular weight is 327 g/mol. The Labute approximate surface area is 104 Å². The molecule has 0 aromatic carbocycles. The van der Waals surface area contributed by atoms with Gasteiger partial charge in [-0.3, -0.25) is 0 Å². The van der Waals surface area contributed by atoms with Gasteiger partial charge in [0.1, 0.15) is 11.8 Å². The van der Waals surface area contributed by atoms with Crippen molar-refractivity contribution < 1.29 is 9.90 Å².